The molecule has 2 aromatic rings. The smallest absolute Gasteiger partial charge is 0.168 e. The lowest BCUT2D eigenvalue weighted by Crippen LogP contribution is -2.04. The fourth-order valence-electron chi connectivity index (χ4n) is 1.64. The van der Waals surface area contributed by atoms with Gasteiger partial charge in [-0.15, -0.1) is 0 Å². The Morgan fingerprint density at radius 3 is 2.61 bits per heavy atom. The van der Waals surface area contributed by atoms with Crippen molar-refractivity contribution in [3.05, 3.63) is 69.5 Å². The van der Waals surface area contributed by atoms with Crippen LogP contribution < -0.4 is 0 Å². The molecule has 0 heterocycles. The van der Waals surface area contributed by atoms with Crippen LogP contribution in [0.2, 0.25) is 10.0 Å². The standard InChI is InChI=1S/C14H9Cl2FO/c15-10-3-1-2-9(6-10)7-14(18)12-8-11(17)4-5-13(12)16/h1-6,8H,7H2. The predicted molar refractivity (Wildman–Crippen MR) is 70.9 cm³/mol. The largest absolute Gasteiger partial charge is 0.294 e. The second-order valence-corrected chi connectivity index (χ2v) is 4.70. The molecule has 0 amide bonds. The zero-order valence-corrected chi connectivity index (χ0v) is 10.8. The van der Waals surface area contributed by atoms with Crippen LogP contribution in [0.3, 0.4) is 0 Å². The zero-order valence-electron chi connectivity index (χ0n) is 9.29. The van der Waals surface area contributed by atoms with E-state index in [0.29, 0.717) is 5.02 Å². The molecule has 18 heavy (non-hydrogen) atoms. The Balaban J connectivity index is 2.24. The lowest BCUT2D eigenvalue weighted by molar-refractivity contribution is 0.0992. The van der Waals surface area contributed by atoms with E-state index < -0.39 is 5.82 Å². The Morgan fingerprint density at radius 1 is 1.11 bits per heavy atom. The van der Waals surface area contributed by atoms with Crippen molar-refractivity contribution in [3.63, 3.8) is 0 Å². The first-order chi connectivity index (χ1) is 8.56. The lowest BCUT2D eigenvalue weighted by Gasteiger charge is -2.04. The minimum absolute atomic E-state index is 0.143. The van der Waals surface area contributed by atoms with E-state index >= 15 is 0 Å². The van der Waals surface area contributed by atoms with Gasteiger partial charge in [0.15, 0.2) is 5.78 Å². The van der Waals surface area contributed by atoms with Crippen molar-refractivity contribution in [2.24, 2.45) is 0 Å². The van der Waals surface area contributed by atoms with Crippen LogP contribution in [0.15, 0.2) is 42.5 Å². The maximum atomic E-state index is 13.1. The first-order valence-electron chi connectivity index (χ1n) is 5.29. The molecule has 0 atom stereocenters. The highest BCUT2D eigenvalue weighted by Crippen LogP contribution is 2.20. The molecule has 2 aromatic carbocycles. The Hall–Kier alpha value is -1.38. The van der Waals surface area contributed by atoms with Crippen LogP contribution in [-0.4, -0.2) is 5.78 Å². The molecule has 0 aliphatic carbocycles. The quantitative estimate of drug-likeness (QED) is 0.755. The number of carbonyl (C=O) groups excluding carboxylic acids is 1. The molecule has 0 aliphatic rings. The van der Waals surface area contributed by atoms with Gasteiger partial charge in [-0.25, -0.2) is 4.39 Å². The average Bonchev–Trinajstić information content (AvgIpc) is 2.32. The molecule has 0 saturated heterocycles. The number of halogens is 3. The third kappa shape index (κ3) is 3.09. The van der Waals surface area contributed by atoms with Gasteiger partial charge >= 0.3 is 0 Å². The van der Waals surface area contributed by atoms with Gasteiger partial charge in [-0.3, -0.25) is 4.79 Å². The molecule has 2 rings (SSSR count). The minimum Gasteiger partial charge on any atom is -0.294 e. The topological polar surface area (TPSA) is 17.1 Å². The summed E-state index contributed by atoms with van der Waals surface area (Å²) in [6.45, 7) is 0. The van der Waals surface area contributed by atoms with Crippen LogP contribution in [0.1, 0.15) is 15.9 Å². The maximum Gasteiger partial charge on any atom is 0.168 e. The van der Waals surface area contributed by atoms with Crippen LogP contribution in [0.5, 0.6) is 0 Å². The fraction of sp³-hybridized carbons (Fsp3) is 0.0714. The molecule has 0 N–H and O–H groups in total. The van der Waals surface area contributed by atoms with Crippen molar-refractivity contribution >= 4 is 29.0 Å². The summed E-state index contributed by atoms with van der Waals surface area (Å²) in [6.07, 6.45) is 0.143. The van der Waals surface area contributed by atoms with E-state index in [0.717, 1.165) is 11.6 Å². The third-order valence-electron chi connectivity index (χ3n) is 2.48. The molecule has 0 saturated carbocycles. The normalized spacial score (nSPS) is 10.4. The van der Waals surface area contributed by atoms with E-state index in [1.807, 2.05) is 0 Å². The van der Waals surface area contributed by atoms with E-state index in [-0.39, 0.29) is 22.8 Å². The number of rotatable bonds is 3. The van der Waals surface area contributed by atoms with Gasteiger partial charge in [0.05, 0.1) is 5.02 Å². The Labute approximate surface area is 114 Å². The molecule has 0 spiro atoms. The predicted octanol–water partition coefficient (Wildman–Crippen LogP) is 4.56. The second kappa shape index (κ2) is 5.51. The maximum absolute atomic E-state index is 13.1. The van der Waals surface area contributed by atoms with Crippen molar-refractivity contribution in [2.45, 2.75) is 6.42 Å². The second-order valence-electron chi connectivity index (χ2n) is 3.85. The molecule has 0 fully saturated rings. The summed E-state index contributed by atoms with van der Waals surface area (Å²) in [5.74, 6) is -0.712. The molecular weight excluding hydrogens is 274 g/mol. The lowest BCUT2D eigenvalue weighted by atomic mass is 10.0. The molecule has 92 valence electrons. The summed E-state index contributed by atoms with van der Waals surface area (Å²) >= 11 is 11.7. The number of hydrogen-bond donors (Lipinski definition) is 0. The molecule has 4 heteroatoms. The number of benzene rings is 2. The van der Waals surface area contributed by atoms with Crippen molar-refractivity contribution in [2.75, 3.05) is 0 Å². The molecule has 0 aliphatic heterocycles. The summed E-state index contributed by atoms with van der Waals surface area (Å²) in [4.78, 5) is 12.0. The van der Waals surface area contributed by atoms with Crippen molar-refractivity contribution in [1.82, 2.24) is 0 Å². The zero-order chi connectivity index (χ0) is 13.1. The highest BCUT2D eigenvalue weighted by molar-refractivity contribution is 6.34. The Morgan fingerprint density at radius 2 is 1.89 bits per heavy atom. The molecule has 0 aromatic heterocycles. The molecule has 0 bridgehead atoms. The average molecular weight is 283 g/mol. The van der Waals surface area contributed by atoms with E-state index in [4.69, 9.17) is 23.2 Å². The molecule has 1 nitrogen and oxygen atoms in total. The van der Waals surface area contributed by atoms with Crippen LogP contribution in [0.25, 0.3) is 0 Å². The van der Waals surface area contributed by atoms with E-state index in [9.17, 15) is 9.18 Å². The summed E-state index contributed by atoms with van der Waals surface area (Å²) in [5.41, 5.74) is 0.962. The van der Waals surface area contributed by atoms with E-state index in [2.05, 4.69) is 0 Å². The summed E-state index contributed by atoms with van der Waals surface area (Å²) in [6, 6.07) is 10.7. The van der Waals surface area contributed by atoms with Gasteiger partial charge in [-0.1, -0.05) is 35.3 Å². The van der Waals surface area contributed by atoms with Gasteiger partial charge in [-0.2, -0.15) is 0 Å². The highest BCUT2D eigenvalue weighted by Gasteiger charge is 2.12. The fourth-order valence-corrected chi connectivity index (χ4v) is 2.07. The number of hydrogen-bond acceptors (Lipinski definition) is 1. The molecule has 0 unspecified atom stereocenters. The van der Waals surface area contributed by atoms with Crippen molar-refractivity contribution < 1.29 is 9.18 Å². The Kier molecular flexibility index (Phi) is 4.00. The van der Waals surface area contributed by atoms with Crippen LogP contribution >= 0.6 is 23.2 Å². The third-order valence-corrected chi connectivity index (χ3v) is 3.05. The van der Waals surface area contributed by atoms with Gasteiger partial charge in [0.25, 0.3) is 0 Å². The summed E-state index contributed by atoms with van der Waals surface area (Å²) in [5, 5.41) is 0.814. The van der Waals surface area contributed by atoms with Gasteiger partial charge < -0.3 is 0 Å². The first-order valence-corrected chi connectivity index (χ1v) is 6.04. The van der Waals surface area contributed by atoms with Gasteiger partial charge in [-0.05, 0) is 35.9 Å². The van der Waals surface area contributed by atoms with Crippen molar-refractivity contribution in [1.29, 1.82) is 0 Å². The van der Waals surface area contributed by atoms with Gasteiger partial charge in [0, 0.05) is 17.0 Å². The van der Waals surface area contributed by atoms with Crippen LogP contribution in [0, 0.1) is 5.82 Å². The molecule has 0 radical (unpaired) electrons. The minimum atomic E-state index is -0.478. The summed E-state index contributed by atoms with van der Waals surface area (Å²) in [7, 11) is 0. The van der Waals surface area contributed by atoms with Crippen LogP contribution in [0.4, 0.5) is 4.39 Å². The molecular formula is C14H9Cl2FO. The van der Waals surface area contributed by atoms with Crippen LogP contribution in [-0.2, 0) is 6.42 Å². The van der Waals surface area contributed by atoms with Crippen molar-refractivity contribution in [3.8, 4) is 0 Å². The number of ketones is 1. The highest BCUT2D eigenvalue weighted by atomic mass is 35.5. The SMILES string of the molecule is O=C(Cc1cccc(Cl)c1)c1cc(F)ccc1Cl. The monoisotopic (exact) mass is 282 g/mol. The van der Waals surface area contributed by atoms with Gasteiger partial charge in [0.1, 0.15) is 5.82 Å². The summed E-state index contributed by atoms with van der Waals surface area (Å²) < 4.78 is 13.1. The van der Waals surface area contributed by atoms with Gasteiger partial charge in [0.2, 0.25) is 0 Å². The number of Topliss-reactive ketones (excluding diaryl/α,β-unsaturated/α-hetero) is 1. The first kappa shape index (κ1) is 13.1. The Bertz CT molecular complexity index is 596. The van der Waals surface area contributed by atoms with E-state index in [1.54, 1.807) is 24.3 Å². The number of carbonyl (C=O) groups is 1. The van der Waals surface area contributed by atoms with E-state index in [1.165, 1.54) is 12.1 Å².